The van der Waals surface area contributed by atoms with Gasteiger partial charge in [-0.3, -0.25) is 19.5 Å². The molecule has 3 aromatic carbocycles. The Morgan fingerprint density at radius 1 is 1.02 bits per heavy atom. The van der Waals surface area contributed by atoms with Crippen LogP contribution in [-0.2, 0) is 25.7 Å². The zero-order chi connectivity index (χ0) is 37.5. The zero-order valence-electron chi connectivity index (χ0n) is 28.8. The van der Waals surface area contributed by atoms with Crippen LogP contribution < -0.4 is 33.8 Å². The van der Waals surface area contributed by atoms with Crippen molar-refractivity contribution in [2.24, 2.45) is 4.99 Å². The Hall–Kier alpha value is -5.23. The SMILES string of the molecule is CCOC(=O)C1=C(C)N=c2s/c(=C\c3cc(I)c(OCc4cccc([N+](=O)[O-])c4)c(OC)c3)c(=O)n2[C@H]1c1ccc(OCC(=O)OC)c(OCC)c1. The lowest BCUT2D eigenvalue weighted by molar-refractivity contribution is -0.384. The topological polar surface area (TPSA) is 167 Å². The van der Waals surface area contributed by atoms with Crippen molar-refractivity contribution < 1.29 is 42.9 Å². The van der Waals surface area contributed by atoms with Crippen LogP contribution in [0.2, 0.25) is 0 Å². The van der Waals surface area contributed by atoms with Crippen LogP contribution in [0.5, 0.6) is 23.0 Å². The first-order chi connectivity index (χ1) is 25.0. The van der Waals surface area contributed by atoms with E-state index in [-0.39, 0.29) is 43.4 Å². The van der Waals surface area contributed by atoms with Crippen molar-refractivity contribution in [1.29, 1.82) is 0 Å². The number of carbonyl (C=O) groups is 2. The predicted molar refractivity (Wildman–Crippen MR) is 199 cm³/mol. The Balaban J connectivity index is 1.57. The molecular formula is C36H34IN3O11S. The summed E-state index contributed by atoms with van der Waals surface area (Å²) < 4.78 is 35.7. The molecule has 272 valence electrons. The second-order valence-corrected chi connectivity index (χ2v) is 13.2. The Kier molecular flexibility index (Phi) is 12.3. The van der Waals surface area contributed by atoms with E-state index < -0.39 is 28.5 Å². The van der Waals surface area contributed by atoms with Gasteiger partial charge in [0.1, 0.15) is 6.61 Å². The molecule has 0 amide bonds. The minimum absolute atomic E-state index is 0.0391. The molecule has 1 atom stereocenters. The van der Waals surface area contributed by atoms with Gasteiger partial charge in [-0.2, -0.15) is 0 Å². The smallest absolute Gasteiger partial charge is 0.343 e. The molecule has 0 radical (unpaired) electrons. The lowest BCUT2D eigenvalue weighted by atomic mass is 9.95. The summed E-state index contributed by atoms with van der Waals surface area (Å²) in [4.78, 5) is 55.2. The van der Waals surface area contributed by atoms with Gasteiger partial charge in [0.05, 0.1) is 57.8 Å². The number of nitro benzene ring substituents is 1. The van der Waals surface area contributed by atoms with Gasteiger partial charge < -0.3 is 28.4 Å². The molecule has 5 rings (SSSR count). The number of hydrogen-bond donors (Lipinski definition) is 0. The van der Waals surface area contributed by atoms with Crippen LogP contribution in [0.25, 0.3) is 6.08 Å². The average molecular weight is 844 g/mol. The fraction of sp³-hybridized carbons (Fsp3) is 0.278. The molecule has 0 fully saturated rings. The number of rotatable bonds is 14. The first-order valence-corrected chi connectivity index (χ1v) is 17.8. The van der Waals surface area contributed by atoms with Crippen molar-refractivity contribution in [2.75, 3.05) is 34.0 Å². The van der Waals surface area contributed by atoms with E-state index in [2.05, 4.69) is 32.3 Å². The van der Waals surface area contributed by atoms with Crippen LogP contribution in [0.3, 0.4) is 0 Å². The molecule has 0 saturated carbocycles. The molecule has 4 aromatic rings. The van der Waals surface area contributed by atoms with E-state index >= 15 is 0 Å². The van der Waals surface area contributed by atoms with Gasteiger partial charge in [-0.05, 0) is 90.4 Å². The summed E-state index contributed by atoms with van der Waals surface area (Å²) in [5.41, 5.74) is 1.92. The third kappa shape index (κ3) is 8.28. The number of nitro groups is 1. The second-order valence-electron chi connectivity index (χ2n) is 11.1. The fourth-order valence-electron chi connectivity index (χ4n) is 5.41. The summed E-state index contributed by atoms with van der Waals surface area (Å²) in [6, 6.07) is 13.7. The monoisotopic (exact) mass is 843 g/mol. The number of halogens is 1. The molecule has 0 bridgehead atoms. The summed E-state index contributed by atoms with van der Waals surface area (Å²) in [6.07, 6.45) is 1.70. The third-order valence-electron chi connectivity index (χ3n) is 7.73. The van der Waals surface area contributed by atoms with Crippen molar-refractivity contribution in [1.82, 2.24) is 4.57 Å². The number of hydrogen-bond acceptors (Lipinski definition) is 13. The van der Waals surface area contributed by atoms with Gasteiger partial charge in [0, 0.05) is 12.1 Å². The van der Waals surface area contributed by atoms with Crippen molar-refractivity contribution in [3.63, 3.8) is 0 Å². The number of non-ortho nitro benzene ring substituents is 1. The first kappa shape index (κ1) is 38.0. The summed E-state index contributed by atoms with van der Waals surface area (Å²) in [6.45, 7) is 5.29. The van der Waals surface area contributed by atoms with Crippen LogP contribution in [0.15, 0.2) is 75.7 Å². The van der Waals surface area contributed by atoms with E-state index in [0.29, 0.717) is 52.5 Å². The van der Waals surface area contributed by atoms with Crippen LogP contribution in [0, 0.1) is 13.7 Å². The van der Waals surface area contributed by atoms with E-state index in [4.69, 9.17) is 23.7 Å². The molecule has 0 N–H and O–H groups in total. The number of fused-ring (bicyclic) bond motifs is 1. The highest BCUT2D eigenvalue weighted by atomic mass is 127. The zero-order valence-corrected chi connectivity index (χ0v) is 31.8. The number of ether oxygens (including phenoxy) is 6. The minimum atomic E-state index is -0.925. The Morgan fingerprint density at radius 3 is 2.50 bits per heavy atom. The Labute approximate surface area is 315 Å². The van der Waals surface area contributed by atoms with Crippen LogP contribution in [0.4, 0.5) is 5.69 Å². The van der Waals surface area contributed by atoms with E-state index in [9.17, 15) is 24.5 Å². The van der Waals surface area contributed by atoms with E-state index in [1.54, 1.807) is 63.2 Å². The number of aromatic nitrogens is 1. The molecule has 2 heterocycles. The lowest BCUT2D eigenvalue weighted by Crippen LogP contribution is -2.40. The Morgan fingerprint density at radius 2 is 1.81 bits per heavy atom. The summed E-state index contributed by atoms with van der Waals surface area (Å²) in [5, 5.41) is 11.2. The number of nitrogens with zero attached hydrogens (tertiary/aromatic N) is 3. The lowest BCUT2D eigenvalue weighted by Gasteiger charge is -2.25. The molecule has 0 aliphatic carbocycles. The number of esters is 2. The standard InChI is InChI=1S/C36H34IN3O11S/c1-6-48-27-17-23(11-12-26(27)50-19-30(41)47-5)32-31(35(43)49-7-2)20(3)38-36-39(32)34(42)29(52-36)16-22-14-25(37)33(28(15-22)46-4)51-18-21-9-8-10-24(13-21)40(44)45/h8-17,32H,6-7,18-19H2,1-5H3/b29-16-/t32-/m0/s1. The van der Waals surface area contributed by atoms with Crippen LogP contribution >= 0.6 is 33.9 Å². The largest absolute Gasteiger partial charge is 0.493 e. The molecule has 1 aliphatic rings. The second kappa shape index (κ2) is 16.9. The van der Waals surface area contributed by atoms with Crippen molar-refractivity contribution in [2.45, 2.75) is 33.4 Å². The molecule has 0 saturated heterocycles. The third-order valence-corrected chi connectivity index (χ3v) is 9.51. The average Bonchev–Trinajstić information content (AvgIpc) is 3.43. The van der Waals surface area contributed by atoms with Crippen molar-refractivity contribution in [3.05, 3.63) is 116 Å². The number of methoxy groups -OCH3 is 2. The van der Waals surface area contributed by atoms with Gasteiger partial charge >= 0.3 is 11.9 Å². The maximum Gasteiger partial charge on any atom is 0.343 e. The van der Waals surface area contributed by atoms with Gasteiger partial charge in [0.15, 0.2) is 34.4 Å². The van der Waals surface area contributed by atoms with Crippen molar-refractivity contribution in [3.8, 4) is 23.0 Å². The maximum atomic E-state index is 14.3. The van der Waals surface area contributed by atoms with Gasteiger partial charge in [0.25, 0.3) is 11.2 Å². The number of carbonyl (C=O) groups excluding carboxylic acids is 2. The number of benzene rings is 3. The highest BCUT2D eigenvalue weighted by molar-refractivity contribution is 14.1. The molecule has 1 aromatic heterocycles. The maximum absolute atomic E-state index is 14.3. The van der Waals surface area contributed by atoms with E-state index in [1.165, 1.54) is 30.9 Å². The van der Waals surface area contributed by atoms with E-state index in [1.807, 2.05) is 6.07 Å². The van der Waals surface area contributed by atoms with Crippen molar-refractivity contribution >= 4 is 57.6 Å². The number of allylic oxidation sites excluding steroid dienone is 1. The molecule has 0 spiro atoms. The molecule has 0 unspecified atom stereocenters. The summed E-state index contributed by atoms with van der Waals surface area (Å²) >= 11 is 3.26. The van der Waals surface area contributed by atoms with E-state index in [0.717, 1.165) is 11.3 Å². The summed E-state index contributed by atoms with van der Waals surface area (Å²) in [5.74, 6) is 0.227. The summed E-state index contributed by atoms with van der Waals surface area (Å²) in [7, 11) is 2.75. The predicted octanol–water partition coefficient (Wildman–Crippen LogP) is 4.85. The normalized spacial score (nSPS) is 13.9. The Bertz CT molecular complexity index is 2250. The van der Waals surface area contributed by atoms with Gasteiger partial charge in [0.2, 0.25) is 0 Å². The van der Waals surface area contributed by atoms with Gasteiger partial charge in [-0.1, -0.05) is 29.5 Å². The highest BCUT2D eigenvalue weighted by Gasteiger charge is 2.34. The highest BCUT2D eigenvalue weighted by Crippen LogP contribution is 2.37. The van der Waals surface area contributed by atoms with Gasteiger partial charge in [-0.15, -0.1) is 0 Å². The quantitative estimate of drug-likeness (QED) is 0.0737. The fourth-order valence-corrected chi connectivity index (χ4v) is 7.24. The number of thiazole rings is 1. The molecule has 16 heteroatoms. The van der Waals surface area contributed by atoms with Crippen LogP contribution in [-0.4, -0.2) is 55.5 Å². The molecule has 52 heavy (non-hydrogen) atoms. The minimum Gasteiger partial charge on any atom is -0.493 e. The molecule has 14 nitrogen and oxygen atoms in total. The molecule has 1 aliphatic heterocycles. The van der Waals surface area contributed by atoms with Gasteiger partial charge in [-0.25, -0.2) is 14.6 Å². The first-order valence-electron chi connectivity index (χ1n) is 15.9. The van der Waals surface area contributed by atoms with Crippen LogP contribution in [0.1, 0.15) is 43.5 Å². The molecular weight excluding hydrogens is 809 g/mol.